The molecule has 0 amide bonds. The summed E-state index contributed by atoms with van der Waals surface area (Å²) in [5.41, 5.74) is -1.41. The topological polar surface area (TPSA) is 50.2 Å². The maximum absolute atomic E-state index is 14.2. The van der Waals surface area contributed by atoms with E-state index in [2.05, 4.69) is 4.98 Å². The van der Waals surface area contributed by atoms with Gasteiger partial charge in [-0.2, -0.15) is 8.78 Å². The lowest BCUT2D eigenvalue weighted by atomic mass is 10.00. The molecule has 2 rings (SSSR count). The van der Waals surface area contributed by atoms with Gasteiger partial charge in [0.25, 0.3) is 0 Å². The molecule has 1 atom stereocenters. The molecular formula is C17H12F7NO2S. The van der Waals surface area contributed by atoms with Gasteiger partial charge in [0, 0.05) is 11.8 Å². The molecule has 0 saturated heterocycles. The van der Waals surface area contributed by atoms with Crippen LogP contribution in [0.2, 0.25) is 0 Å². The summed E-state index contributed by atoms with van der Waals surface area (Å²) in [6, 6.07) is 2.08. The van der Waals surface area contributed by atoms with E-state index in [1.54, 1.807) is 0 Å². The minimum Gasteiger partial charge on any atom is -0.477 e. The molecule has 1 N–H and O–H groups in total. The summed E-state index contributed by atoms with van der Waals surface area (Å²) in [6.07, 6.45) is -3.14. The lowest BCUT2D eigenvalue weighted by Crippen LogP contribution is -2.30. The number of thioether (sulfide) groups is 1. The van der Waals surface area contributed by atoms with E-state index in [9.17, 15) is 35.5 Å². The Bertz CT molecular complexity index is 892. The highest BCUT2D eigenvalue weighted by atomic mass is 32.2. The van der Waals surface area contributed by atoms with Gasteiger partial charge < -0.3 is 5.11 Å². The van der Waals surface area contributed by atoms with E-state index < -0.39 is 58.0 Å². The monoisotopic (exact) mass is 427 g/mol. The molecule has 11 heteroatoms. The van der Waals surface area contributed by atoms with Crippen molar-refractivity contribution < 1.29 is 40.6 Å². The summed E-state index contributed by atoms with van der Waals surface area (Å²) in [6.45, 7) is 1.32. The maximum atomic E-state index is 14.2. The van der Waals surface area contributed by atoms with Crippen molar-refractivity contribution in [1.29, 1.82) is 0 Å². The molecular weight excluding hydrogens is 415 g/mol. The zero-order chi connectivity index (χ0) is 21.2. The van der Waals surface area contributed by atoms with E-state index in [4.69, 9.17) is 5.11 Å². The molecule has 0 aliphatic carbocycles. The van der Waals surface area contributed by atoms with Gasteiger partial charge in [-0.1, -0.05) is 0 Å². The summed E-state index contributed by atoms with van der Waals surface area (Å²) in [7, 11) is 0. The number of aromatic nitrogens is 1. The van der Waals surface area contributed by atoms with Gasteiger partial charge in [-0.15, -0.1) is 11.8 Å². The Kier molecular flexibility index (Phi) is 6.58. The fourth-order valence-corrected chi connectivity index (χ4v) is 3.65. The van der Waals surface area contributed by atoms with Crippen LogP contribution in [0.15, 0.2) is 24.4 Å². The average Bonchev–Trinajstić information content (AvgIpc) is 2.61. The van der Waals surface area contributed by atoms with Crippen LogP contribution in [-0.2, 0) is 0 Å². The van der Waals surface area contributed by atoms with Crippen molar-refractivity contribution in [2.24, 2.45) is 0 Å². The summed E-state index contributed by atoms with van der Waals surface area (Å²) in [4.78, 5) is 14.5. The SMILES string of the molecule is Cc1cc(C(=O)O)ncc1C(SCC(F)(F)C(F)F)c1c(F)ccc(F)c1F. The average molecular weight is 427 g/mol. The van der Waals surface area contributed by atoms with Gasteiger partial charge in [0.2, 0.25) is 0 Å². The van der Waals surface area contributed by atoms with Gasteiger partial charge in [-0.05, 0) is 36.2 Å². The highest BCUT2D eigenvalue weighted by Crippen LogP contribution is 2.43. The van der Waals surface area contributed by atoms with E-state index >= 15 is 0 Å². The van der Waals surface area contributed by atoms with Crippen LogP contribution < -0.4 is 0 Å². The van der Waals surface area contributed by atoms with Gasteiger partial charge in [0.15, 0.2) is 11.6 Å². The first-order valence-electron chi connectivity index (χ1n) is 7.56. The van der Waals surface area contributed by atoms with Gasteiger partial charge >= 0.3 is 18.3 Å². The highest BCUT2D eigenvalue weighted by Gasteiger charge is 2.42. The number of halogens is 7. The first kappa shape index (κ1) is 22.0. The molecule has 0 radical (unpaired) electrons. The molecule has 1 unspecified atom stereocenters. The first-order chi connectivity index (χ1) is 13.0. The number of hydrogen-bond donors (Lipinski definition) is 1. The van der Waals surface area contributed by atoms with E-state index in [0.717, 1.165) is 12.3 Å². The van der Waals surface area contributed by atoms with Crippen molar-refractivity contribution >= 4 is 17.7 Å². The Morgan fingerprint density at radius 3 is 2.36 bits per heavy atom. The van der Waals surface area contributed by atoms with Crippen molar-refractivity contribution in [3.63, 3.8) is 0 Å². The fraction of sp³-hybridized carbons (Fsp3) is 0.294. The van der Waals surface area contributed by atoms with Gasteiger partial charge in [-0.25, -0.2) is 31.7 Å². The summed E-state index contributed by atoms with van der Waals surface area (Å²) in [5, 5.41) is 7.26. The molecule has 0 saturated carbocycles. The molecule has 3 nitrogen and oxygen atoms in total. The lowest BCUT2D eigenvalue weighted by molar-refractivity contribution is -0.110. The molecule has 1 aromatic heterocycles. The normalized spacial score (nSPS) is 13.0. The van der Waals surface area contributed by atoms with Crippen molar-refractivity contribution in [1.82, 2.24) is 4.98 Å². The van der Waals surface area contributed by atoms with Crippen LogP contribution in [0.4, 0.5) is 30.7 Å². The summed E-state index contributed by atoms with van der Waals surface area (Å²) in [5.74, 6) is -11.8. The van der Waals surface area contributed by atoms with Crippen LogP contribution in [-0.4, -0.2) is 34.2 Å². The van der Waals surface area contributed by atoms with Crippen LogP contribution in [0.1, 0.15) is 32.4 Å². The number of rotatable bonds is 7. The van der Waals surface area contributed by atoms with E-state index in [1.807, 2.05) is 0 Å². The van der Waals surface area contributed by atoms with Crippen LogP contribution in [0.25, 0.3) is 0 Å². The van der Waals surface area contributed by atoms with Crippen molar-refractivity contribution in [3.05, 3.63) is 64.2 Å². The standard InChI is InChI=1S/C17H12F7NO2S/c1-7-4-11(15(26)27)25-5-8(7)14(28-6-17(23,24)16(21)22)12-9(18)2-3-10(19)13(12)20/h2-5,14,16H,6H2,1H3,(H,26,27). The quantitative estimate of drug-likeness (QED) is 0.486. The number of aromatic carboxylic acids is 1. The van der Waals surface area contributed by atoms with E-state index in [-0.39, 0.29) is 22.9 Å². The highest BCUT2D eigenvalue weighted by molar-refractivity contribution is 7.99. The lowest BCUT2D eigenvalue weighted by Gasteiger charge is -2.23. The van der Waals surface area contributed by atoms with Gasteiger partial charge in [-0.3, -0.25) is 0 Å². The number of alkyl halides is 4. The van der Waals surface area contributed by atoms with Crippen molar-refractivity contribution in [3.8, 4) is 0 Å². The Balaban J connectivity index is 2.58. The number of carbonyl (C=O) groups is 1. The van der Waals surface area contributed by atoms with Crippen molar-refractivity contribution in [2.45, 2.75) is 24.5 Å². The number of carboxylic acid groups (broad SMARTS) is 1. The number of nitrogens with zero attached hydrogens (tertiary/aromatic N) is 1. The number of pyridine rings is 1. The van der Waals surface area contributed by atoms with E-state index in [1.165, 1.54) is 6.92 Å². The first-order valence-corrected chi connectivity index (χ1v) is 8.61. The van der Waals surface area contributed by atoms with Crippen LogP contribution in [0.3, 0.4) is 0 Å². The minimum atomic E-state index is -4.47. The molecule has 0 bridgehead atoms. The molecule has 0 aliphatic heterocycles. The predicted molar refractivity (Wildman–Crippen MR) is 87.5 cm³/mol. The van der Waals surface area contributed by atoms with Gasteiger partial charge in [0.05, 0.1) is 11.0 Å². The van der Waals surface area contributed by atoms with Crippen LogP contribution >= 0.6 is 11.8 Å². The predicted octanol–water partition coefficient (Wildman–Crippen LogP) is 5.23. The molecule has 0 aliphatic rings. The Morgan fingerprint density at radius 2 is 1.82 bits per heavy atom. The number of aryl methyl sites for hydroxylation is 1. The van der Waals surface area contributed by atoms with E-state index in [0.29, 0.717) is 12.1 Å². The Morgan fingerprint density at radius 1 is 1.21 bits per heavy atom. The second kappa shape index (κ2) is 8.38. The third kappa shape index (κ3) is 4.57. The molecule has 0 spiro atoms. The molecule has 28 heavy (non-hydrogen) atoms. The fourth-order valence-electron chi connectivity index (χ4n) is 2.33. The number of hydrogen-bond acceptors (Lipinski definition) is 3. The molecule has 152 valence electrons. The molecule has 1 heterocycles. The third-order valence-corrected chi connectivity index (χ3v) is 5.13. The minimum absolute atomic E-state index is 0.0644. The van der Waals surface area contributed by atoms with Gasteiger partial charge in [0.1, 0.15) is 11.5 Å². The zero-order valence-corrected chi connectivity index (χ0v) is 14.8. The summed E-state index contributed by atoms with van der Waals surface area (Å²) < 4.78 is 93.7. The molecule has 0 fully saturated rings. The smallest absolute Gasteiger partial charge is 0.354 e. The maximum Gasteiger partial charge on any atom is 0.354 e. The van der Waals surface area contributed by atoms with Crippen LogP contribution in [0.5, 0.6) is 0 Å². The molecule has 2 aromatic rings. The Hall–Kier alpha value is -2.30. The largest absolute Gasteiger partial charge is 0.477 e. The Labute approximate surface area is 158 Å². The molecule has 1 aromatic carbocycles. The zero-order valence-electron chi connectivity index (χ0n) is 14.0. The number of benzene rings is 1. The second-order valence-electron chi connectivity index (χ2n) is 5.74. The third-order valence-electron chi connectivity index (χ3n) is 3.76. The number of carboxylic acids is 1. The van der Waals surface area contributed by atoms with Crippen molar-refractivity contribution in [2.75, 3.05) is 5.75 Å². The second-order valence-corrected chi connectivity index (χ2v) is 6.83. The summed E-state index contributed by atoms with van der Waals surface area (Å²) >= 11 is 0.0644. The van der Waals surface area contributed by atoms with Crippen LogP contribution in [0, 0.1) is 24.4 Å².